The zero-order valence-electron chi connectivity index (χ0n) is 23.8. The van der Waals surface area contributed by atoms with Crippen LogP contribution in [0.25, 0.3) is 17.4 Å². The van der Waals surface area contributed by atoms with Crippen molar-refractivity contribution in [2.75, 3.05) is 19.5 Å². The third kappa shape index (κ3) is 5.57. The first-order valence-electron chi connectivity index (χ1n) is 13.4. The quantitative estimate of drug-likeness (QED) is 0.219. The van der Waals surface area contributed by atoms with Crippen molar-refractivity contribution in [3.05, 3.63) is 131 Å². The number of nitrogens with zero attached hydrogens (tertiary/aromatic N) is 2. The molecule has 2 aromatic heterocycles. The number of fused-ring (bicyclic) bond motifs is 1. The van der Waals surface area contributed by atoms with Crippen molar-refractivity contribution in [1.82, 2.24) is 4.57 Å². The summed E-state index contributed by atoms with van der Waals surface area (Å²) in [5, 5.41) is 3.91. The number of para-hydroxylation sites is 1. The summed E-state index contributed by atoms with van der Waals surface area (Å²) in [4.78, 5) is 33.1. The van der Waals surface area contributed by atoms with Crippen LogP contribution >= 0.6 is 34.5 Å². The normalized spacial score (nSPS) is 14.7. The van der Waals surface area contributed by atoms with Crippen molar-refractivity contribution in [3.8, 4) is 22.8 Å². The molecule has 3 heterocycles. The molecule has 1 N–H and O–H groups in total. The highest BCUT2D eigenvalue weighted by atomic mass is 35.5. The van der Waals surface area contributed by atoms with Crippen molar-refractivity contribution in [2.24, 2.45) is 4.99 Å². The predicted octanol–water partition coefficient (Wildman–Crippen LogP) is 6.46. The van der Waals surface area contributed by atoms with Crippen molar-refractivity contribution in [3.63, 3.8) is 0 Å². The van der Waals surface area contributed by atoms with E-state index in [4.69, 9.17) is 42.1 Å². The van der Waals surface area contributed by atoms with Gasteiger partial charge in [-0.15, -0.1) is 0 Å². The number of aromatic nitrogens is 1. The molecule has 1 aliphatic heterocycles. The van der Waals surface area contributed by atoms with Gasteiger partial charge < -0.3 is 19.2 Å². The summed E-state index contributed by atoms with van der Waals surface area (Å²) in [5.41, 5.74) is 2.35. The lowest BCUT2D eigenvalue weighted by Gasteiger charge is -2.26. The smallest absolute Gasteiger partial charge is 0.271 e. The lowest BCUT2D eigenvalue weighted by atomic mass is 9.94. The first-order chi connectivity index (χ1) is 21.3. The number of furan rings is 1. The van der Waals surface area contributed by atoms with Crippen LogP contribution in [-0.4, -0.2) is 24.7 Å². The second kappa shape index (κ2) is 12.2. The van der Waals surface area contributed by atoms with Crippen molar-refractivity contribution < 1.29 is 18.7 Å². The van der Waals surface area contributed by atoms with Crippen LogP contribution in [0.3, 0.4) is 0 Å². The number of carbonyl (C=O) groups excluding carboxylic acids is 1. The lowest BCUT2D eigenvalue weighted by Crippen LogP contribution is -2.40. The molecule has 3 aromatic carbocycles. The highest BCUT2D eigenvalue weighted by molar-refractivity contribution is 7.07. The second-order valence-corrected chi connectivity index (χ2v) is 11.7. The molecule has 0 unspecified atom stereocenters. The van der Waals surface area contributed by atoms with E-state index in [0.717, 1.165) is 0 Å². The standard InChI is InChI=1S/C33H25Cl2N3O5S/c1-18-29(31(39)37-20-7-5-4-6-8-20)30(24-13-10-21(41-2)16-27(24)42-3)38-32(40)28(44-33(38)36-18)17-22-11-14-26(43-22)23-12-9-19(34)15-25(23)35/h4-17,30H,1-3H3,(H,37,39)/b28-17-/t30-/m1/s1. The molecule has 222 valence electrons. The Hall–Kier alpha value is -4.57. The number of carbonyl (C=O) groups is 1. The minimum absolute atomic E-state index is 0.314. The number of ether oxygens (including phenoxy) is 2. The van der Waals surface area contributed by atoms with Crippen LogP contribution in [0.4, 0.5) is 5.69 Å². The van der Waals surface area contributed by atoms with Crippen LogP contribution in [0.5, 0.6) is 11.5 Å². The molecular formula is C33H25Cl2N3O5S. The fourth-order valence-electron chi connectivity index (χ4n) is 5.06. The predicted molar refractivity (Wildman–Crippen MR) is 173 cm³/mol. The van der Waals surface area contributed by atoms with Gasteiger partial charge in [-0.2, -0.15) is 0 Å². The van der Waals surface area contributed by atoms with E-state index in [-0.39, 0.29) is 11.5 Å². The number of methoxy groups -OCH3 is 2. The molecule has 0 saturated carbocycles. The van der Waals surface area contributed by atoms with Gasteiger partial charge in [-0.05, 0) is 61.5 Å². The van der Waals surface area contributed by atoms with Gasteiger partial charge >= 0.3 is 0 Å². The Morgan fingerprint density at radius 3 is 2.55 bits per heavy atom. The summed E-state index contributed by atoms with van der Waals surface area (Å²) < 4.78 is 19.1. The van der Waals surface area contributed by atoms with Gasteiger partial charge in [0.1, 0.15) is 29.1 Å². The van der Waals surface area contributed by atoms with E-state index in [9.17, 15) is 9.59 Å². The number of thiazole rings is 1. The summed E-state index contributed by atoms with van der Waals surface area (Å²) >= 11 is 13.6. The molecule has 1 amide bonds. The Morgan fingerprint density at radius 2 is 1.82 bits per heavy atom. The first-order valence-corrected chi connectivity index (χ1v) is 15.0. The summed E-state index contributed by atoms with van der Waals surface area (Å²) in [6, 6.07) is 22.2. The van der Waals surface area contributed by atoms with Crippen molar-refractivity contribution >= 4 is 52.2 Å². The van der Waals surface area contributed by atoms with Crippen LogP contribution in [0.2, 0.25) is 10.0 Å². The highest BCUT2D eigenvalue weighted by Crippen LogP contribution is 2.38. The topological polar surface area (TPSA) is 95.1 Å². The van der Waals surface area contributed by atoms with Crippen LogP contribution < -0.4 is 29.7 Å². The summed E-state index contributed by atoms with van der Waals surface area (Å²) in [7, 11) is 3.09. The molecule has 0 fully saturated rings. The fourth-order valence-corrected chi connectivity index (χ4v) is 6.59. The average Bonchev–Trinajstić information content (AvgIpc) is 3.60. The number of halogens is 2. The number of hydrogen-bond acceptors (Lipinski definition) is 7. The molecule has 0 bridgehead atoms. The van der Waals surface area contributed by atoms with E-state index in [2.05, 4.69) is 5.32 Å². The number of nitrogens with one attached hydrogen (secondary N) is 1. The number of amides is 1. The molecule has 44 heavy (non-hydrogen) atoms. The van der Waals surface area contributed by atoms with Gasteiger partial charge in [-0.1, -0.05) is 52.7 Å². The van der Waals surface area contributed by atoms with E-state index in [1.807, 2.05) is 18.2 Å². The molecule has 1 atom stereocenters. The van der Waals surface area contributed by atoms with E-state index >= 15 is 0 Å². The van der Waals surface area contributed by atoms with Gasteiger partial charge in [0.2, 0.25) is 0 Å². The minimum atomic E-state index is -0.835. The van der Waals surface area contributed by atoms with E-state index in [1.54, 1.807) is 80.8 Å². The second-order valence-electron chi connectivity index (χ2n) is 9.84. The lowest BCUT2D eigenvalue weighted by molar-refractivity contribution is -0.113. The van der Waals surface area contributed by atoms with Crippen LogP contribution in [0.15, 0.2) is 104 Å². The third-order valence-electron chi connectivity index (χ3n) is 7.13. The van der Waals surface area contributed by atoms with Gasteiger partial charge in [0.25, 0.3) is 11.5 Å². The summed E-state index contributed by atoms with van der Waals surface area (Å²) in [6.07, 6.45) is 1.66. The third-order valence-corrected chi connectivity index (χ3v) is 8.66. The highest BCUT2D eigenvalue weighted by Gasteiger charge is 2.34. The van der Waals surface area contributed by atoms with Gasteiger partial charge in [0, 0.05) is 34.0 Å². The van der Waals surface area contributed by atoms with Gasteiger partial charge in [-0.25, -0.2) is 4.99 Å². The molecule has 5 aromatic rings. The molecule has 0 aliphatic carbocycles. The van der Waals surface area contributed by atoms with Crippen LogP contribution in [0.1, 0.15) is 24.3 Å². The number of anilines is 1. The first kappa shape index (κ1) is 29.5. The molecule has 6 rings (SSSR count). The van der Waals surface area contributed by atoms with Gasteiger partial charge in [0.15, 0.2) is 4.80 Å². The van der Waals surface area contributed by atoms with Gasteiger partial charge in [-0.3, -0.25) is 14.2 Å². The van der Waals surface area contributed by atoms with E-state index in [1.165, 1.54) is 23.0 Å². The number of allylic oxidation sites excluding steroid dienone is 1. The maximum atomic E-state index is 14.1. The zero-order chi connectivity index (χ0) is 31.0. The maximum absolute atomic E-state index is 14.1. The van der Waals surface area contributed by atoms with Gasteiger partial charge in [0.05, 0.1) is 35.0 Å². The largest absolute Gasteiger partial charge is 0.497 e. The zero-order valence-corrected chi connectivity index (χ0v) is 26.1. The van der Waals surface area contributed by atoms with Crippen molar-refractivity contribution in [1.29, 1.82) is 0 Å². The molecule has 1 aliphatic rings. The van der Waals surface area contributed by atoms with Crippen LogP contribution in [0, 0.1) is 0 Å². The Bertz CT molecular complexity index is 2110. The molecule has 8 nitrogen and oxygen atoms in total. The van der Waals surface area contributed by atoms with Crippen LogP contribution in [-0.2, 0) is 4.79 Å². The molecular weight excluding hydrogens is 621 g/mol. The number of rotatable bonds is 7. The average molecular weight is 647 g/mol. The Kier molecular flexibility index (Phi) is 8.18. The maximum Gasteiger partial charge on any atom is 0.271 e. The summed E-state index contributed by atoms with van der Waals surface area (Å²) in [6.45, 7) is 1.76. The number of benzene rings is 3. The van der Waals surface area contributed by atoms with E-state index in [0.29, 0.717) is 70.5 Å². The summed E-state index contributed by atoms with van der Waals surface area (Å²) in [5.74, 6) is 1.63. The van der Waals surface area contributed by atoms with E-state index < -0.39 is 6.04 Å². The molecule has 11 heteroatoms. The Morgan fingerprint density at radius 1 is 1.02 bits per heavy atom. The molecule has 0 saturated heterocycles. The SMILES string of the molecule is COc1ccc([C@@H]2C(C(=O)Nc3ccccc3)=C(C)N=c3s/c(=C\c4ccc(-c5ccc(Cl)cc5Cl)o4)c(=O)n32)c(OC)c1. The number of hydrogen-bond donors (Lipinski definition) is 1. The molecule has 0 radical (unpaired) electrons. The Labute approximate surface area is 266 Å². The fraction of sp³-hybridized carbons (Fsp3) is 0.121. The molecule has 0 spiro atoms. The minimum Gasteiger partial charge on any atom is -0.497 e. The monoisotopic (exact) mass is 645 g/mol. The Balaban J connectivity index is 1.49. The van der Waals surface area contributed by atoms with Crippen molar-refractivity contribution in [2.45, 2.75) is 13.0 Å².